The molecular weight excluding hydrogens is 428 g/mol. The van der Waals surface area contributed by atoms with Crippen LogP contribution >= 0.6 is 0 Å². The first-order valence-electron chi connectivity index (χ1n) is 11.8. The number of aromatic nitrogens is 1. The lowest BCUT2D eigenvalue weighted by Crippen LogP contribution is -2.23. The van der Waals surface area contributed by atoms with Gasteiger partial charge >= 0.3 is 5.97 Å². The number of rotatable bonds is 9. The lowest BCUT2D eigenvalue weighted by Gasteiger charge is -2.25. The maximum Gasteiger partial charge on any atom is 0.309 e. The summed E-state index contributed by atoms with van der Waals surface area (Å²) >= 11 is 0. The number of carbonyl (C=O) groups excluding carboxylic acids is 1. The number of ether oxygens (including phenoxy) is 3. The van der Waals surface area contributed by atoms with E-state index in [1.165, 1.54) is 22.3 Å². The Hall–Kier alpha value is -3.54. The van der Waals surface area contributed by atoms with Crippen LogP contribution in [0.2, 0.25) is 0 Å². The molecule has 1 fully saturated rings. The fourth-order valence-electron chi connectivity index (χ4n) is 5.13. The second kappa shape index (κ2) is 9.37. The van der Waals surface area contributed by atoms with Crippen molar-refractivity contribution in [1.82, 2.24) is 4.98 Å². The van der Waals surface area contributed by atoms with Crippen molar-refractivity contribution >= 4 is 11.8 Å². The van der Waals surface area contributed by atoms with Crippen molar-refractivity contribution in [1.29, 1.82) is 0 Å². The molecule has 3 aromatic rings. The number of fused-ring (bicyclic) bond motifs is 3. The lowest BCUT2D eigenvalue weighted by molar-refractivity contribution is -0.145. The molecule has 0 unspecified atom stereocenters. The van der Waals surface area contributed by atoms with Crippen LogP contribution in [-0.2, 0) is 29.0 Å². The van der Waals surface area contributed by atoms with Crippen molar-refractivity contribution in [3.63, 3.8) is 0 Å². The van der Waals surface area contributed by atoms with Crippen LogP contribution in [0.15, 0.2) is 60.8 Å². The number of methoxy groups -OCH3 is 2. The Kier molecular flexibility index (Phi) is 6.14. The molecule has 1 heterocycles. The Balaban J connectivity index is 1.39. The molecular formula is C28H30N2O4. The van der Waals surface area contributed by atoms with Crippen molar-refractivity contribution in [3.8, 4) is 11.5 Å². The third-order valence-corrected chi connectivity index (χ3v) is 6.94. The van der Waals surface area contributed by atoms with E-state index in [1.807, 2.05) is 37.4 Å². The Bertz CT molecular complexity index is 1110. The molecule has 1 aromatic heterocycles. The number of nitrogens with zero attached hydrogens (tertiary/aromatic N) is 2. The van der Waals surface area contributed by atoms with Gasteiger partial charge in [0.25, 0.3) is 0 Å². The monoisotopic (exact) mass is 458 g/mol. The molecule has 0 bridgehead atoms. The number of anilines is 1. The topological polar surface area (TPSA) is 60.9 Å². The highest BCUT2D eigenvalue weighted by atomic mass is 16.5. The largest absolute Gasteiger partial charge is 0.497 e. The van der Waals surface area contributed by atoms with Crippen LogP contribution in [0, 0.1) is 11.8 Å². The number of esters is 1. The zero-order valence-electron chi connectivity index (χ0n) is 19.9. The summed E-state index contributed by atoms with van der Waals surface area (Å²) in [5.41, 5.74) is 4.87. The normalized spacial score (nSPS) is 19.7. The van der Waals surface area contributed by atoms with Crippen LogP contribution in [-0.4, -0.2) is 31.8 Å². The summed E-state index contributed by atoms with van der Waals surface area (Å²) < 4.78 is 15.9. The Labute approximate surface area is 200 Å². The highest BCUT2D eigenvalue weighted by Crippen LogP contribution is 2.61. The molecule has 0 amide bonds. The van der Waals surface area contributed by atoms with E-state index in [4.69, 9.17) is 19.2 Å². The highest BCUT2D eigenvalue weighted by molar-refractivity contribution is 5.79. The van der Waals surface area contributed by atoms with Gasteiger partial charge in [0.05, 0.1) is 26.7 Å². The zero-order chi connectivity index (χ0) is 23.7. The summed E-state index contributed by atoms with van der Waals surface area (Å²) in [5, 5.41) is 0. The van der Waals surface area contributed by atoms with Crippen molar-refractivity contribution in [3.05, 3.63) is 83.0 Å². The standard InChI is InChI=1S/C28H30N2O4/c1-4-34-28(31)27-23-13-20-14-25(29-15-24(20)26(23)27)30(16-18-5-9-21(32-2)10-6-18)17-19-7-11-22(33-3)12-8-19/h5-12,14-15,23,26-27H,4,13,16-17H2,1-3H3/t23-,26-,27+/m1/s1. The van der Waals surface area contributed by atoms with Gasteiger partial charge in [-0.05, 0) is 71.8 Å². The minimum absolute atomic E-state index is 0.00908. The van der Waals surface area contributed by atoms with E-state index in [2.05, 4.69) is 35.2 Å². The lowest BCUT2D eigenvalue weighted by atomic mass is 10.0. The van der Waals surface area contributed by atoms with Crippen molar-refractivity contribution < 1.29 is 19.0 Å². The van der Waals surface area contributed by atoms with E-state index in [9.17, 15) is 4.79 Å². The third kappa shape index (κ3) is 4.32. The molecule has 1 saturated carbocycles. The first-order chi connectivity index (χ1) is 16.6. The molecule has 5 rings (SSSR count). The highest BCUT2D eigenvalue weighted by Gasteiger charge is 2.60. The van der Waals surface area contributed by atoms with E-state index in [-0.39, 0.29) is 17.8 Å². The summed E-state index contributed by atoms with van der Waals surface area (Å²) in [4.78, 5) is 19.4. The van der Waals surface area contributed by atoms with Crippen LogP contribution < -0.4 is 14.4 Å². The van der Waals surface area contributed by atoms with Crippen molar-refractivity contribution in [2.75, 3.05) is 25.7 Å². The van der Waals surface area contributed by atoms with E-state index in [1.54, 1.807) is 14.2 Å². The Morgan fingerprint density at radius 1 is 0.971 bits per heavy atom. The van der Waals surface area contributed by atoms with Gasteiger partial charge in [0, 0.05) is 25.2 Å². The van der Waals surface area contributed by atoms with Crippen molar-refractivity contribution in [2.45, 2.75) is 32.4 Å². The van der Waals surface area contributed by atoms with Crippen LogP contribution in [0.25, 0.3) is 0 Å². The number of benzene rings is 2. The number of carbonyl (C=O) groups is 1. The van der Waals surface area contributed by atoms with Gasteiger partial charge in [-0.3, -0.25) is 4.79 Å². The minimum atomic E-state index is -0.0622. The molecule has 6 heteroatoms. The molecule has 2 aliphatic carbocycles. The summed E-state index contributed by atoms with van der Waals surface area (Å²) in [6.07, 6.45) is 2.89. The van der Waals surface area contributed by atoms with Crippen LogP contribution in [0.5, 0.6) is 11.5 Å². The molecule has 6 nitrogen and oxygen atoms in total. The van der Waals surface area contributed by atoms with Crippen molar-refractivity contribution in [2.24, 2.45) is 11.8 Å². The Morgan fingerprint density at radius 2 is 1.56 bits per heavy atom. The van der Waals surface area contributed by atoms with Gasteiger partial charge in [-0.1, -0.05) is 24.3 Å². The minimum Gasteiger partial charge on any atom is -0.497 e. The quantitative estimate of drug-likeness (QED) is 0.431. The molecule has 176 valence electrons. The predicted octanol–water partition coefficient (Wildman–Crippen LogP) is 4.75. The molecule has 2 aromatic carbocycles. The summed E-state index contributed by atoms with van der Waals surface area (Å²) in [5.74, 6) is 3.21. The van der Waals surface area contributed by atoms with E-state index < -0.39 is 0 Å². The van der Waals surface area contributed by atoms with Gasteiger partial charge in [-0.25, -0.2) is 4.98 Å². The molecule has 0 aliphatic heterocycles. The van der Waals surface area contributed by atoms with Gasteiger partial charge in [0.2, 0.25) is 0 Å². The predicted molar refractivity (Wildman–Crippen MR) is 130 cm³/mol. The molecule has 34 heavy (non-hydrogen) atoms. The summed E-state index contributed by atoms with van der Waals surface area (Å²) in [6.45, 7) is 3.74. The average Bonchev–Trinajstić information content (AvgIpc) is 3.46. The first kappa shape index (κ1) is 22.3. The molecule has 0 N–H and O–H groups in total. The van der Waals surface area contributed by atoms with Gasteiger partial charge in [0.1, 0.15) is 17.3 Å². The van der Waals surface area contributed by atoms with Gasteiger partial charge < -0.3 is 19.1 Å². The fourth-order valence-corrected chi connectivity index (χ4v) is 5.13. The van der Waals surface area contributed by atoms with Gasteiger partial charge in [-0.15, -0.1) is 0 Å². The van der Waals surface area contributed by atoms with E-state index >= 15 is 0 Å². The zero-order valence-corrected chi connectivity index (χ0v) is 19.9. The molecule has 0 spiro atoms. The van der Waals surface area contributed by atoms with Crippen LogP contribution in [0.3, 0.4) is 0 Å². The van der Waals surface area contributed by atoms with Gasteiger partial charge in [0.15, 0.2) is 0 Å². The molecule has 2 aliphatic rings. The van der Waals surface area contributed by atoms with Gasteiger partial charge in [-0.2, -0.15) is 0 Å². The molecule has 0 saturated heterocycles. The summed E-state index contributed by atoms with van der Waals surface area (Å²) in [6, 6.07) is 18.5. The van der Waals surface area contributed by atoms with E-state index in [0.717, 1.165) is 36.8 Å². The number of hydrogen-bond donors (Lipinski definition) is 0. The fraction of sp³-hybridized carbons (Fsp3) is 0.357. The third-order valence-electron chi connectivity index (χ3n) is 6.94. The average molecular weight is 459 g/mol. The van der Waals surface area contributed by atoms with Crippen LogP contribution in [0.1, 0.15) is 35.1 Å². The Morgan fingerprint density at radius 3 is 2.09 bits per heavy atom. The summed E-state index contributed by atoms with van der Waals surface area (Å²) in [7, 11) is 3.35. The number of hydrogen-bond acceptors (Lipinski definition) is 6. The molecule has 3 atom stereocenters. The smallest absolute Gasteiger partial charge is 0.309 e. The second-order valence-corrected chi connectivity index (χ2v) is 8.97. The van der Waals surface area contributed by atoms with Crippen LogP contribution in [0.4, 0.5) is 5.82 Å². The first-order valence-corrected chi connectivity index (χ1v) is 11.8. The second-order valence-electron chi connectivity index (χ2n) is 8.97. The maximum absolute atomic E-state index is 12.2. The van der Waals surface area contributed by atoms with E-state index in [0.29, 0.717) is 12.5 Å². The molecule has 0 radical (unpaired) electrons. The SMILES string of the molecule is CCOC(=O)[C@H]1[C@@H]2Cc3cc(N(Cc4ccc(OC)cc4)Cc4ccc(OC)cc4)ncc3[C@@H]21. The maximum atomic E-state index is 12.2. The number of pyridine rings is 1.